The molecule has 1 saturated heterocycles. The minimum Gasteiger partial charge on any atom is -0.465 e. The number of hydrogen-bond acceptors (Lipinski definition) is 4. The van der Waals surface area contributed by atoms with Gasteiger partial charge in [-0.05, 0) is 67.3 Å². The number of carbonyl (C=O) groups is 2. The molecular formula is C26H24F2N2O3. The molecule has 170 valence electrons. The number of pyridine rings is 1. The lowest BCUT2D eigenvalue weighted by atomic mass is 9.75. The Labute approximate surface area is 191 Å². The number of benzene rings is 2. The van der Waals surface area contributed by atoms with Crippen molar-refractivity contribution in [2.45, 2.75) is 25.2 Å². The predicted octanol–water partition coefficient (Wildman–Crippen LogP) is 4.76. The van der Waals surface area contributed by atoms with Gasteiger partial charge in [-0.1, -0.05) is 24.3 Å². The van der Waals surface area contributed by atoms with Crippen molar-refractivity contribution in [3.05, 3.63) is 89.8 Å². The Morgan fingerprint density at radius 1 is 0.909 bits per heavy atom. The molecule has 1 aromatic heterocycles. The van der Waals surface area contributed by atoms with Crippen LogP contribution in [0.2, 0.25) is 0 Å². The third-order valence-corrected chi connectivity index (χ3v) is 6.10. The molecular weight excluding hydrogens is 426 g/mol. The number of halogens is 2. The van der Waals surface area contributed by atoms with Crippen molar-refractivity contribution in [3.8, 4) is 11.1 Å². The summed E-state index contributed by atoms with van der Waals surface area (Å²) in [6, 6.07) is 16.1. The minimum absolute atomic E-state index is 0.134. The van der Waals surface area contributed by atoms with Crippen molar-refractivity contribution in [3.63, 3.8) is 0 Å². The second kappa shape index (κ2) is 9.48. The van der Waals surface area contributed by atoms with Gasteiger partial charge in [0.25, 0.3) is 5.91 Å². The molecule has 3 aromatic rings. The highest BCUT2D eigenvalue weighted by molar-refractivity contribution is 5.95. The van der Waals surface area contributed by atoms with Gasteiger partial charge in [0.15, 0.2) is 0 Å². The van der Waals surface area contributed by atoms with Crippen molar-refractivity contribution in [1.29, 1.82) is 0 Å². The summed E-state index contributed by atoms with van der Waals surface area (Å²) in [5.74, 6) is -1.31. The van der Waals surface area contributed by atoms with E-state index in [9.17, 15) is 18.4 Å². The van der Waals surface area contributed by atoms with Gasteiger partial charge in [-0.15, -0.1) is 0 Å². The molecule has 2 aromatic carbocycles. The molecule has 1 amide bonds. The monoisotopic (exact) mass is 450 g/mol. The lowest BCUT2D eigenvalue weighted by Crippen LogP contribution is -2.50. The molecule has 2 heterocycles. The second-order valence-electron chi connectivity index (χ2n) is 8.04. The van der Waals surface area contributed by atoms with Crippen molar-refractivity contribution in [2.24, 2.45) is 0 Å². The molecule has 7 heteroatoms. The van der Waals surface area contributed by atoms with Crippen LogP contribution in [0.3, 0.4) is 0 Å². The van der Waals surface area contributed by atoms with E-state index in [4.69, 9.17) is 4.74 Å². The Kier molecular flexibility index (Phi) is 6.49. The second-order valence-corrected chi connectivity index (χ2v) is 8.04. The molecule has 0 radical (unpaired) electrons. The van der Waals surface area contributed by atoms with Crippen LogP contribution in [0.4, 0.5) is 8.78 Å². The highest BCUT2D eigenvalue weighted by Gasteiger charge is 2.46. The van der Waals surface area contributed by atoms with Crippen molar-refractivity contribution >= 4 is 11.9 Å². The summed E-state index contributed by atoms with van der Waals surface area (Å²) in [5, 5.41) is 0. The minimum atomic E-state index is -1.01. The summed E-state index contributed by atoms with van der Waals surface area (Å²) in [6.45, 7) is 2.65. The summed E-state index contributed by atoms with van der Waals surface area (Å²) in [4.78, 5) is 31.8. The van der Waals surface area contributed by atoms with Crippen LogP contribution in [0.1, 0.15) is 35.8 Å². The fraction of sp³-hybridized carbons (Fsp3) is 0.269. The average Bonchev–Trinajstić information content (AvgIpc) is 2.85. The summed E-state index contributed by atoms with van der Waals surface area (Å²) >= 11 is 0. The molecule has 0 aliphatic carbocycles. The first-order valence-corrected chi connectivity index (χ1v) is 10.9. The summed E-state index contributed by atoms with van der Waals surface area (Å²) in [7, 11) is 0. The van der Waals surface area contributed by atoms with Crippen LogP contribution in [-0.2, 0) is 14.9 Å². The number of ether oxygens (including phenoxy) is 1. The fourth-order valence-electron chi connectivity index (χ4n) is 4.21. The van der Waals surface area contributed by atoms with E-state index >= 15 is 0 Å². The Morgan fingerprint density at radius 2 is 1.48 bits per heavy atom. The van der Waals surface area contributed by atoms with Gasteiger partial charge in [0.05, 0.1) is 18.5 Å². The van der Waals surface area contributed by atoms with E-state index in [0.717, 1.165) is 17.3 Å². The number of amides is 1. The van der Waals surface area contributed by atoms with Gasteiger partial charge < -0.3 is 9.64 Å². The van der Waals surface area contributed by atoms with E-state index in [0.29, 0.717) is 37.2 Å². The SMILES string of the molecule is CCOC(=O)C1(c2ccc(F)cn2)CCN(C(=O)c2ccc(-c3ccc(F)cc3)cc2)CC1. The Morgan fingerprint density at radius 3 is 2.03 bits per heavy atom. The number of rotatable bonds is 5. The Balaban J connectivity index is 1.49. The number of aromatic nitrogens is 1. The molecule has 1 aliphatic heterocycles. The van der Waals surface area contributed by atoms with Gasteiger partial charge in [0, 0.05) is 18.7 Å². The number of hydrogen-bond donors (Lipinski definition) is 0. The lowest BCUT2D eigenvalue weighted by Gasteiger charge is -2.39. The molecule has 5 nitrogen and oxygen atoms in total. The summed E-state index contributed by atoms with van der Waals surface area (Å²) < 4.78 is 31.9. The third kappa shape index (κ3) is 4.62. The molecule has 1 fully saturated rings. The lowest BCUT2D eigenvalue weighted by molar-refractivity contribution is -0.152. The number of carbonyl (C=O) groups excluding carboxylic acids is 2. The Hall–Kier alpha value is -3.61. The fourth-order valence-corrected chi connectivity index (χ4v) is 4.21. The van der Waals surface area contributed by atoms with Gasteiger partial charge in [0.1, 0.15) is 17.0 Å². The maximum Gasteiger partial charge on any atom is 0.318 e. The maximum atomic E-state index is 13.4. The third-order valence-electron chi connectivity index (χ3n) is 6.10. The molecule has 33 heavy (non-hydrogen) atoms. The van der Waals surface area contributed by atoms with Crippen LogP contribution in [0, 0.1) is 11.6 Å². The van der Waals surface area contributed by atoms with Crippen molar-refractivity contribution < 1.29 is 23.1 Å². The quantitative estimate of drug-likeness (QED) is 0.526. The van der Waals surface area contributed by atoms with E-state index in [2.05, 4.69) is 4.98 Å². The molecule has 0 atom stereocenters. The number of nitrogens with zero attached hydrogens (tertiary/aromatic N) is 2. The zero-order valence-electron chi connectivity index (χ0n) is 18.3. The average molecular weight is 450 g/mol. The first kappa shape index (κ1) is 22.6. The van der Waals surface area contributed by atoms with E-state index in [1.807, 2.05) is 12.1 Å². The zero-order chi connectivity index (χ0) is 23.4. The van der Waals surface area contributed by atoms with Crippen LogP contribution >= 0.6 is 0 Å². The topological polar surface area (TPSA) is 59.5 Å². The number of likely N-dealkylation sites (tertiary alicyclic amines) is 1. The first-order chi connectivity index (χ1) is 15.9. The van der Waals surface area contributed by atoms with Crippen LogP contribution in [0.15, 0.2) is 66.9 Å². The zero-order valence-corrected chi connectivity index (χ0v) is 18.3. The van der Waals surface area contributed by atoms with Crippen LogP contribution < -0.4 is 0 Å². The molecule has 0 saturated carbocycles. The number of esters is 1. The van der Waals surface area contributed by atoms with Crippen molar-refractivity contribution in [2.75, 3.05) is 19.7 Å². The molecule has 0 unspecified atom stereocenters. The molecule has 0 bridgehead atoms. The predicted molar refractivity (Wildman–Crippen MR) is 119 cm³/mol. The molecule has 1 aliphatic rings. The van der Waals surface area contributed by atoms with Crippen LogP contribution in [0.5, 0.6) is 0 Å². The maximum absolute atomic E-state index is 13.4. The first-order valence-electron chi connectivity index (χ1n) is 10.9. The Bertz CT molecular complexity index is 1120. The molecule has 0 spiro atoms. The molecule has 4 rings (SSSR count). The van der Waals surface area contributed by atoms with Gasteiger partial charge in [-0.25, -0.2) is 8.78 Å². The standard InChI is InChI=1S/C26H24F2N2O3/c1-2-33-25(32)26(23-12-11-22(28)17-29-23)13-15-30(16-14-26)24(31)20-5-3-18(4-6-20)19-7-9-21(27)10-8-19/h3-12,17H,2,13-16H2,1H3. The van der Waals surface area contributed by atoms with E-state index in [1.165, 1.54) is 24.3 Å². The van der Waals surface area contributed by atoms with Gasteiger partial charge in [-0.3, -0.25) is 14.6 Å². The van der Waals surface area contributed by atoms with E-state index in [-0.39, 0.29) is 18.3 Å². The largest absolute Gasteiger partial charge is 0.465 e. The van der Waals surface area contributed by atoms with Crippen LogP contribution in [0.25, 0.3) is 11.1 Å². The van der Waals surface area contributed by atoms with Gasteiger partial charge in [-0.2, -0.15) is 0 Å². The van der Waals surface area contributed by atoms with Gasteiger partial charge in [0.2, 0.25) is 0 Å². The highest BCUT2D eigenvalue weighted by atomic mass is 19.1. The normalized spacial score (nSPS) is 15.2. The smallest absolute Gasteiger partial charge is 0.318 e. The molecule has 0 N–H and O–H groups in total. The summed E-state index contributed by atoms with van der Waals surface area (Å²) in [5.41, 5.74) is 1.73. The van der Waals surface area contributed by atoms with Gasteiger partial charge >= 0.3 is 5.97 Å². The number of piperidine rings is 1. The van der Waals surface area contributed by atoms with E-state index in [1.54, 1.807) is 36.1 Å². The van der Waals surface area contributed by atoms with Crippen LogP contribution in [-0.4, -0.2) is 41.5 Å². The summed E-state index contributed by atoms with van der Waals surface area (Å²) in [6.07, 6.45) is 1.77. The highest BCUT2D eigenvalue weighted by Crippen LogP contribution is 2.36. The van der Waals surface area contributed by atoms with Crippen molar-refractivity contribution in [1.82, 2.24) is 9.88 Å². The van der Waals surface area contributed by atoms with E-state index < -0.39 is 17.2 Å².